The molecule has 0 amide bonds. The van der Waals surface area contributed by atoms with Gasteiger partial charge in [-0.1, -0.05) is 49.6 Å². The topological polar surface area (TPSA) is 63.6 Å². The molecule has 0 saturated heterocycles. The zero-order valence-electron chi connectivity index (χ0n) is 13.7. The maximum absolute atomic E-state index is 11.5. The van der Waals surface area contributed by atoms with Crippen LogP contribution in [0.5, 0.6) is 0 Å². The number of hydrogen-bond donors (Lipinski definition) is 1. The molecule has 1 aromatic rings. The van der Waals surface area contributed by atoms with Gasteiger partial charge in [0.05, 0.1) is 0 Å². The van der Waals surface area contributed by atoms with Crippen molar-refractivity contribution in [2.45, 2.75) is 51.6 Å². The minimum atomic E-state index is -0.741. The Hall–Kier alpha value is 0.212. The largest absolute Gasteiger partial charge is 1.00 e. The van der Waals surface area contributed by atoms with Gasteiger partial charge in [0, 0.05) is 12.8 Å². The van der Waals surface area contributed by atoms with Crippen molar-refractivity contribution in [1.82, 2.24) is 0 Å². The molecule has 1 N–H and O–H groups in total. The monoisotopic (exact) mass is 412 g/mol. The summed E-state index contributed by atoms with van der Waals surface area (Å²) >= 11 is 0. The van der Waals surface area contributed by atoms with Crippen molar-refractivity contribution in [2.24, 2.45) is 0 Å². The van der Waals surface area contributed by atoms with Crippen LogP contribution in [0, 0.1) is 0 Å². The van der Waals surface area contributed by atoms with E-state index in [0.29, 0.717) is 19.4 Å². The number of carbonyl (C=O) groups excluding carboxylic acids is 1. The molecule has 5 heteroatoms. The average Bonchev–Trinajstić information content (AvgIpc) is 2.45. The van der Waals surface area contributed by atoms with Crippen LogP contribution in [-0.4, -0.2) is 17.0 Å². The van der Waals surface area contributed by atoms with Crippen LogP contribution in [0.15, 0.2) is 30.3 Å². The van der Waals surface area contributed by atoms with Gasteiger partial charge in [0.15, 0.2) is 0 Å². The number of carboxylic acid groups (broad SMARTS) is 1. The molecule has 0 unspecified atom stereocenters. The fourth-order valence-corrected chi connectivity index (χ4v) is 1.89. The molecule has 0 atom stereocenters. The SMILES string of the molecule is O=C(O)CCCCCCCC(=O)OCc1ccccc1.[Cs+].[H-]. The first-order valence-corrected chi connectivity index (χ1v) is 7.10. The van der Waals surface area contributed by atoms with Gasteiger partial charge in [0.1, 0.15) is 6.61 Å². The van der Waals surface area contributed by atoms with Gasteiger partial charge in [0.25, 0.3) is 0 Å². The van der Waals surface area contributed by atoms with Gasteiger partial charge in [-0.05, 0) is 18.4 Å². The summed E-state index contributed by atoms with van der Waals surface area (Å²) in [5.41, 5.74) is 0.995. The van der Waals surface area contributed by atoms with Crippen LogP contribution in [0.4, 0.5) is 0 Å². The standard InChI is InChI=1S/C16H22O4.Cs.H/c17-15(18)11-7-2-1-3-8-12-16(19)20-13-14-9-5-4-6-10-14;;/h4-6,9-10H,1-3,7-8,11-13H2,(H,17,18);;/q;+1;-1. The Labute approximate surface area is 186 Å². The number of carbonyl (C=O) groups is 2. The molecule has 0 saturated carbocycles. The third-order valence-corrected chi connectivity index (χ3v) is 3.01. The molecular formula is C16H23CsO4. The summed E-state index contributed by atoms with van der Waals surface area (Å²) < 4.78 is 5.17. The summed E-state index contributed by atoms with van der Waals surface area (Å²) in [5, 5.41) is 8.48. The van der Waals surface area contributed by atoms with Crippen LogP contribution in [0.25, 0.3) is 0 Å². The van der Waals surface area contributed by atoms with Crippen molar-refractivity contribution in [1.29, 1.82) is 0 Å². The molecule has 0 bridgehead atoms. The van der Waals surface area contributed by atoms with Gasteiger partial charge >= 0.3 is 80.8 Å². The van der Waals surface area contributed by atoms with E-state index in [1.807, 2.05) is 30.3 Å². The minimum absolute atomic E-state index is 0. The molecule has 0 aliphatic rings. The predicted octanol–water partition coefficient (Wildman–Crippen LogP) is 0.662. The van der Waals surface area contributed by atoms with Crippen molar-refractivity contribution in [3.8, 4) is 0 Å². The number of carboxylic acids is 1. The van der Waals surface area contributed by atoms with Gasteiger partial charge in [-0.3, -0.25) is 9.59 Å². The Morgan fingerprint density at radius 1 is 0.952 bits per heavy atom. The quantitative estimate of drug-likeness (QED) is 0.453. The zero-order valence-corrected chi connectivity index (χ0v) is 19.0. The molecule has 112 valence electrons. The molecule has 0 radical (unpaired) electrons. The predicted molar refractivity (Wildman–Crippen MR) is 77.3 cm³/mol. The number of ether oxygens (including phenoxy) is 1. The van der Waals surface area contributed by atoms with E-state index < -0.39 is 5.97 Å². The van der Waals surface area contributed by atoms with E-state index in [1.165, 1.54) is 0 Å². The minimum Gasteiger partial charge on any atom is -1.00 e. The number of esters is 1. The Balaban J connectivity index is 0. The second-order valence-corrected chi connectivity index (χ2v) is 4.81. The van der Waals surface area contributed by atoms with Gasteiger partial charge in [0.2, 0.25) is 0 Å². The second kappa shape index (κ2) is 13.8. The van der Waals surface area contributed by atoms with Gasteiger partial charge in [-0.15, -0.1) is 0 Å². The van der Waals surface area contributed by atoms with E-state index in [9.17, 15) is 9.59 Å². The fraction of sp³-hybridized carbons (Fsp3) is 0.500. The third kappa shape index (κ3) is 12.4. The summed E-state index contributed by atoms with van der Waals surface area (Å²) in [6.07, 6.45) is 5.02. The molecule has 0 spiro atoms. The van der Waals surface area contributed by atoms with Gasteiger partial charge in [-0.25, -0.2) is 0 Å². The van der Waals surface area contributed by atoms with Crippen molar-refractivity contribution in [3.05, 3.63) is 35.9 Å². The fourth-order valence-electron chi connectivity index (χ4n) is 1.89. The Bertz CT molecular complexity index is 412. The molecule has 1 rings (SSSR count). The van der Waals surface area contributed by atoms with Crippen molar-refractivity contribution in [3.63, 3.8) is 0 Å². The molecular weight excluding hydrogens is 389 g/mol. The number of aliphatic carboxylic acids is 1. The average molecular weight is 412 g/mol. The number of hydrogen-bond acceptors (Lipinski definition) is 3. The smallest absolute Gasteiger partial charge is 1.00 e. The Morgan fingerprint density at radius 3 is 2.14 bits per heavy atom. The van der Waals surface area contributed by atoms with Crippen molar-refractivity contribution in [2.75, 3.05) is 0 Å². The van der Waals surface area contributed by atoms with Crippen LogP contribution in [0.2, 0.25) is 0 Å². The first kappa shape index (κ1) is 21.2. The van der Waals surface area contributed by atoms with Crippen LogP contribution in [-0.2, 0) is 20.9 Å². The summed E-state index contributed by atoms with van der Waals surface area (Å²) in [5.74, 6) is -0.908. The maximum Gasteiger partial charge on any atom is 1.00 e. The van der Waals surface area contributed by atoms with Crippen LogP contribution in [0.1, 0.15) is 51.9 Å². The van der Waals surface area contributed by atoms with E-state index in [1.54, 1.807) is 0 Å². The summed E-state index contributed by atoms with van der Waals surface area (Å²) in [6.45, 7) is 0.332. The Kier molecular flexibility index (Phi) is 14.0. The molecule has 1 aromatic carbocycles. The van der Waals surface area contributed by atoms with E-state index in [-0.39, 0.29) is 82.7 Å². The van der Waals surface area contributed by atoms with Gasteiger partial charge < -0.3 is 11.3 Å². The molecule has 4 nitrogen and oxygen atoms in total. The third-order valence-electron chi connectivity index (χ3n) is 3.01. The molecule has 0 aromatic heterocycles. The second-order valence-electron chi connectivity index (χ2n) is 4.81. The van der Waals surface area contributed by atoms with Crippen LogP contribution < -0.4 is 68.9 Å². The number of benzene rings is 1. The summed E-state index contributed by atoms with van der Waals surface area (Å²) in [6, 6.07) is 9.61. The van der Waals surface area contributed by atoms with E-state index in [0.717, 1.165) is 31.2 Å². The number of rotatable bonds is 10. The number of unbranched alkanes of at least 4 members (excludes halogenated alkanes) is 4. The molecule has 0 aliphatic heterocycles. The maximum atomic E-state index is 11.5. The van der Waals surface area contributed by atoms with Crippen molar-refractivity contribution >= 4 is 11.9 Å². The summed E-state index contributed by atoms with van der Waals surface area (Å²) in [4.78, 5) is 21.8. The molecule has 21 heavy (non-hydrogen) atoms. The molecule has 0 fully saturated rings. The Morgan fingerprint density at radius 2 is 1.52 bits per heavy atom. The first-order valence-electron chi connectivity index (χ1n) is 7.10. The first-order chi connectivity index (χ1) is 9.68. The normalized spacial score (nSPS) is 9.71. The van der Waals surface area contributed by atoms with Crippen LogP contribution in [0.3, 0.4) is 0 Å². The molecule has 0 heterocycles. The van der Waals surface area contributed by atoms with E-state index in [2.05, 4.69) is 0 Å². The zero-order chi connectivity index (χ0) is 14.6. The van der Waals surface area contributed by atoms with E-state index >= 15 is 0 Å². The van der Waals surface area contributed by atoms with Gasteiger partial charge in [-0.2, -0.15) is 0 Å². The summed E-state index contributed by atoms with van der Waals surface area (Å²) in [7, 11) is 0. The van der Waals surface area contributed by atoms with Crippen molar-refractivity contribution < 1.29 is 89.8 Å². The molecule has 0 aliphatic carbocycles. The van der Waals surface area contributed by atoms with Crippen LogP contribution >= 0.6 is 0 Å². The van der Waals surface area contributed by atoms with E-state index in [4.69, 9.17) is 9.84 Å².